The van der Waals surface area contributed by atoms with Gasteiger partial charge in [0.05, 0.1) is 11.3 Å². The van der Waals surface area contributed by atoms with Crippen LogP contribution in [-0.4, -0.2) is 30.1 Å². The van der Waals surface area contributed by atoms with Crippen molar-refractivity contribution >= 4 is 17.6 Å². The molecule has 8 heteroatoms. The monoisotopic (exact) mass is 322 g/mol. The Balaban J connectivity index is 1.91. The first-order chi connectivity index (χ1) is 11.1. The molecule has 1 aromatic carbocycles. The van der Waals surface area contributed by atoms with Gasteiger partial charge in [-0.05, 0) is 24.3 Å². The standard InChI is InChI=1S/C15H12F2N2O4/c16-15(17)23-12-6-2-1-5-11(12)19-13(20)9-22-14(21)10-4-3-7-18-8-10/h1-8,15H,9H2,(H,19,20). The zero-order valence-corrected chi connectivity index (χ0v) is 11.7. The van der Waals surface area contributed by atoms with Gasteiger partial charge in [0.25, 0.3) is 5.91 Å². The number of amides is 1. The Morgan fingerprint density at radius 3 is 2.65 bits per heavy atom. The summed E-state index contributed by atoms with van der Waals surface area (Å²) >= 11 is 0. The fourth-order valence-electron chi connectivity index (χ4n) is 1.65. The Morgan fingerprint density at radius 2 is 1.96 bits per heavy atom. The van der Waals surface area contributed by atoms with Gasteiger partial charge in [-0.15, -0.1) is 0 Å². The lowest BCUT2D eigenvalue weighted by Gasteiger charge is -2.11. The molecule has 0 saturated heterocycles. The summed E-state index contributed by atoms with van der Waals surface area (Å²) in [7, 11) is 0. The van der Waals surface area contributed by atoms with Gasteiger partial charge in [-0.1, -0.05) is 12.1 Å². The highest BCUT2D eigenvalue weighted by molar-refractivity contribution is 5.96. The van der Waals surface area contributed by atoms with E-state index in [0.29, 0.717) is 0 Å². The topological polar surface area (TPSA) is 77.5 Å². The third-order valence-electron chi connectivity index (χ3n) is 2.61. The number of carbonyl (C=O) groups is 2. The van der Waals surface area contributed by atoms with Crippen molar-refractivity contribution in [3.05, 3.63) is 54.4 Å². The lowest BCUT2D eigenvalue weighted by Crippen LogP contribution is -2.21. The zero-order chi connectivity index (χ0) is 16.7. The maximum Gasteiger partial charge on any atom is 0.387 e. The van der Waals surface area contributed by atoms with Crippen LogP contribution < -0.4 is 10.1 Å². The SMILES string of the molecule is O=C(COC(=O)c1cccnc1)Nc1ccccc1OC(F)F. The third kappa shape index (κ3) is 5.03. The second-order valence-corrected chi connectivity index (χ2v) is 4.24. The van der Waals surface area contributed by atoms with Gasteiger partial charge in [0.1, 0.15) is 5.75 Å². The van der Waals surface area contributed by atoms with E-state index in [1.54, 1.807) is 6.07 Å². The first-order valence-electron chi connectivity index (χ1n) is 6.47. The normalized spacial score (nSPS) is 10.2. The molecule has 2 aromatic rings. The second kappa shape index (κ2) is 7.83. The molecular formula is C15H12F2N2O4. The Bertz CT molecular complexity index is 680. The van der Waals surface area contributed by atoms with Crippen LogP contribution in [0.5, 0.6) is 5.75 Å². The number of carbonyl (C=O) groups excluding carboxylic acids is 2. The van der Waals surface area contributed by atoms with Crippen molar-refractivity contribution < 1.29 is 27.8 Å². The van der Waals surface area contributed by atoms with Gasteiger partial charge in [-0.3, -0.25) is 9.78 Å². The molecule has 0 bridgehead atoms. The number of halogens is 2. The van der Waals surface area contributed by atoms with E-state index in [9.17, 15) is 18.4 Å². The summed E-state index contributed by atoms with van der Waals surface area (Å²) in [6, 6.07) is 8.72. The molecule has 6 nitrogen and oxygen atoms in total. The van der Waals surface area contributed by atoms with Crippen LogP contribution in [0.2, 0.25) is 0 Å². The van der Waals surface area contributed by atoms with E-state index in [-0.39, 0.29) is 17.0 Å². The van der Waals surface area contributed by atoms with E-state index in [1.165, 1.54) is 42.7 Å². The molecule has 0 saturated carbocycles. The van der Waals surface area contributed by atoms with E-state index in [1.807, 2.05) is 0 Å². The van der Waals surface area contributed by atoms with Crippen molar-refractivity contribution in [2.24, 2.45) is 0 Å². The fraction of sp³-hybridized carbons (Fsp3) is 0.133. The summed E-state index contributed by atoms with van der Waals surface area (Å²) in [6.45, 7) is -3.59. The number of hydrogen-bond acceptors (Lipinski definition) is 5. The van der Waals surface area contributed by atoms with E-state index in [4.69, 9.17) is 4.74 Å². The van der Waals surface area contributed by atoms with Gasteiger partial charge in [-0.25, -0.2) is 4.79 Å². The van der Waals surface area contributed by atoms with Crippen LogP contribution in [-0.2, 0) is 9.53 Å². The van der Waals surface area contributed by atoms with Crippen molar-refractivity contribution in [3.8, 4) is 5.75 Å². The molecular weight excluding hydrogens is 310 g/mol. The number of anilines is 1. The smallest absolute Gasteiger partial charge is 0.387 e. The number of esters is 1. The molecule has 1 aromatic heterocycles. The summed E-state index contributed by atoms with van der Waals surface area (Å²) in [5, 5.41) is 2.33. The Kier molecular flexibility index (Phi) is 5.56. The van der Waals surface area contributed by atoms with Crippen LogP contribution in [0, 0.1) is 0 Å². The van der Waals surface area contributed by atoms with Gasteiger partial charge in [0.15, 0.2) is 6.61 Å². The first kappa shape index (κ1) is 16.3. The maximum atomic E-state index is 12.3. The van der Waals surface area contributed by atoms with Crippen LogP contribution in [0.15, 0.2) is 48.8 Å². The second-order valence-electron chi connectivity index (χ2n) is 4.24. The highest BCUT2D eigenvalue weighted by Gasteiger charge is 2.13. The molecule has 0 atom stereocenters. The molecule has 1 N–H and O–H groups in total. The molecule has 23 heavy (non-hydrogen) atoms. The number of alkyl halides is 2. The van der Waals surface area contributed by atoms with Crippen LogP contribution >= 0.6 is 0 Å². The summed E-state index contributed by atoms with van der Waals surface area (Å²) in [5.74, 6) is -1.59. The lowest BCUT2D eigenvalue weighted by molar-refractivity contribution is -0.119. The number of pyridine rings is 1. The quantitative estimate of drug-likeness (QED) is 0.827. The summed E-state index contributed by atoms with van der Waals surface area (Å²) in [4.78, 5) is 27.1. The Labute approximate surface area is 130 Å². The molecule has 0 unspecified atom stereocenters. The van der Waals surface area contributed by atoms with E-state index in [2.05, 4.69) is 15.0 Å². The van der Waals surface area contributed by atoms with E-state index < -0.39 is 25.1 Å². The van der Waals surface area contributed by atoms with Crippen LogP contribution in [0.4, 0.5) is 14.5 Å². The van der Waals surface area contributed by atoms with Crippen molar-refractivity contribution in [2.45, 2.75) is 6.61 Å². The van der Waals surface area contributed by atoms with Crippen molar-refractivity contribution in [2.75, 3.05) is 11.9 Å². The minimum atomic E-state index is -3.02. The average molecular weight is 322 g/mol. The molecule has 0 aliphatic rings. The summed E-state index contributed by atoms with van der Waals surface area (Å²) < 4.78 is 33.6. The van der Waals surface area contributed by atoms with Gasteiger partial charge >= 0.3 is 12.6 Å². The number of nitrogens with one attached hydrogen (secondary N) is 1. The van der Waals surface area contributed by atoms with E-state index in [0.717, 1.165) is 0 Å². The largest absolute Gasteiger partial charge is 0.452 e. The summed E-state index contributed by atoms with van der Waals surface area (Å²) in [5.41, 5.74) is 0.247. The molecule has 2 rings (SSSR count). The van der Waals surface area contributed by atoms with Crippen molar-refractivity contribution in [1.29, 1.82) is 0 Å². The maximum absolute atomic E-state index is 12.3. The molecule has 1 amide bonds. The number of rotatable bonds is 6. The number of aromatic nitrogens is 1. The van der Waals surface area contributed by atoms with Crippen molar-refractivity contribution in [1.82, 2.24) is 4.98 Å². The Morgan fingerprint density at radius 1 is 1.17 bits per heavy atom. The third-order valence-corrected chi connectivity index (χ3v) is 2.61. The first-order valence-corrected chi connectivity index (χ1v) is 6.47. The van der Waals surface area contributed by atoms with Crippen molar-refractivity contribution in [3.63, 3.8) is 0 Å². The van der Waals surface area contributed by atoms with Crippen LogP contribution in [0.1, 0.15) is 10.4 Å². The molecule has 120 valence electrons. The van der Waals surface area contributed by atoms with Gasteiger partial charge < -0.3 is 14.8 Å². The van der Waals surface area contributed by atoms with Gasteiger partial charge in [0, 0.05) is 12.4 Å². The average Bonchev–Trinajstić information content (AvgIpc) is 2.55. The zero-order valence-electron chi connectivity index (χ0n) is 11.7. The van der Waals surface area contributed by atoms with Crippen LogP contribution in [0.25, 0.3) is 0 Å². The van der Waals surface area contributed by atoms with E-state index >= 15 is 0 Å². The summed E-state index contributed by atoms with van der Waals surface area (Å²) in [6.07, 6.45) is 2.79. The molecule has 1 heterocycles. The molecule has 0 spiro atoms. The number of ether oxygens (including phenoxy) is 2. The Hall–Kier alpha value is -3.03. The lowest BCUT2D eigenvalue weighted by atomic mass is 10.3. The van der Waals surface area contributed by atoms with Gasteiger partial charge in [0.2, 0.25) is 0 Å². The van der Waals surface area contributed by atoms with Crippen LogP contribution in [0.3, 0.4) is 0 Å². The minimum absolute atomic E-state index is 0.0511. The molecule has 0 radical (unpaired) electrons. The fourth-order valence-corrected chi connectivity index (χ4v) is 1.65. The number of benzene rings is 1. The molecule has 0 aliphatic heterocycles. The van der Waals surface area contributed by atoms with Gasteiger partial charge in [-0.2, -0.15) is 8.78 Å². The number of para-hydroxylation sites is 2. The molecule has 0 fully saturated rings. The highest BCUT2D eigenvalue weighted by atomic mass is 19.3. The predicted molar refractivity (Wildman–Crippen MR) is 76.2 cm³/mol. The predicted octanol–water partition coefficient (Wildman–Crippen LogP) is 2.48. The number of nitrogens with zero attached hydrogens (tertiary/aromatic N) is 1. The molecule has 0 aliphatic carbocycles. The number of hydrogen-bond donors (Lipinski definition) is 1. The minimum Gasteiger partial charge on any atom is -0.452 e. The highest BCUT2D eigenvalue weighted by Crippen LogP contribution is 2.25.